The van der Waals surface area contributed by atoms with E-state index in [1.165, 1.54) is 11.8 Å². The zero-order chi connectivity index (χ0) is 21.1. The SMILES string of the molecule is CCCc1nnc2n1N[C@@H](c1ccc(OC)cc1)[C@H](C(=O)Nc1ccc(C)cc1)S2. The number of anilines is 1. The van der Waals surface area contributed by atoms with Crippen LogP contribution < -0.4 is 15.5 Å². The quantitative estimate of drug-likeness (QED) is 0.625. The molecule has 7 nitrogen and oxygen atoms in total. The number of benzene rings is 2. The minimum atomic E-state index is -0.411. The van der Waals surface area contributed by atoms with Crippen LogP contribution in [0.4, 0.5) is 5.69 Å². The van der Waals surface area contributed by atoms with Crippen LogP contribution in [0.25, 0.3) is 0 Å². The summed E-state index contributed by atoms with van der Waals surface area (Å²) in [4.78, 5) is 13.2. The lowest BCUT2D eigenvalue weighted by Gasteiger charge is -2.33. The molecule has 1 aliphatic heterocycles. The monoisotopic (exact) mass is 423 g/mol. The van der Waals surface area contributed by atoms with Crippen molar-refractivity contribution in [1.82, 2.24) is 14.9 Å². The van der Waals surface area contributed by atoms with Crippen molar-refractivity contribution in [2.75, 3.05) is 17.9 Å². The van der Waals surface area contributed by atoms with Gasteiger partial charge in [-0.05, 0) is 43.2 Å². The number of ether oxygens (including phenoxy) is 1. The fraction of sp³-hybridized carbons (Fsp3) is 0.318. The number of carbonyl (C=O) groups is 1. The standard InChI is InChI=1S/C22H25N5O2S/c1-4-5-18-24-25-22-27(18)26-19(15-8-12-17(29-3)13-9-15)20(30-22)21(28)23-16-10-6-14(2)7-11-16/h6-13,19-20,26H,4-5H2,1-3H3,(H,23,28)/t19-,20+/m0/s1. The highest BCUT2D eigenvalue weighted by atomic mass is 32.2. The average molecular weight is 424 g/mol. The van der Waals surface area contributed by atoms with E-state index in [1.54, 1.807) is 7.11 Å². The van der Waals surface area contributed by atoms with E-state index >= 15 is 0 Å². The summed E-state index contributed by atoms with van der Waals surface area (Å²) < 4.78 is 7.20. The molecule has 30 heavy (non-hydrogen) atoms. The number of thioether (sulfide) groups is 1. The summed E-state index contributed by atoms with van der Waals surface area (Å²) in [5, 5.41) is 11.9. The van der Waals surface area contributed by atoms with E-state index in [9.17, 15) is 4.79 Å². The number of nitrogens with one attached hydrogen (secondary N) is 2. The van der Waals surface area contributed by atoms with Gasteiger partial charge in [0.15, 0.2) is 5.82 Å². The third-order valence-corrected chi connectivity index (χ3v) is 6.24. The van der Waals surface area contributed by atoms with Crippen LogP contribution in [-0.2, 0) is 11.2 Å². The molecule has 3 aromatic rings. The molecule has 1 aromatic heterocycles. The first-order chi connectivity index (χ1) is 14.6. The van der Waals surface area contributed by atoms with E-state index in [-0.39, 0.29) is 11.9 Å². The first-order valence-corrected chi connectivity index (χ1v) is 10.9. The van der Waals surface area contributed by atoms with Crippen LogP contribution in [0.1, 0.15) is 36.3 Å². The van der Waals surface area contributed by atoms with E-state index in [4.69, 9.17) is 4.74 Å². The van der Waals surface area contributed by atoms with Gasteiger partial charge in [-0.15, -0.1) is 10.2 Å². The molecule has 0 bridgehead atoms. The van der Waals surface area contributed by atoms with Crippen molar-refractivity contribution in [2.24, 2.45) is 0 Å². The van der Waals surface area contributed by atoms with Crippen molar-refractivity contribution in [3.05, 3.63) is 65.5 Å². The van der Waals surface area contributed by atoms with Crippen LogP contribution in [-0.4, -0.2) is 33.1 Å². The van der Waals surface area contributed by atoms with Gasteiger partial charge in [-0.2, -0.15) is 0 Å². The van der Waals surface area contributed by atoms with Crippen LogP contribution in [0.5, 0.6) is 5.75 Å². The van der Waals surface area contributed by atoms with E-state index in [2.05, 4.69) is 27.9 Å². The normalized spacial score (nSPS) is 17.7. The Kier molecular flexibility index (Phi) is 5.94. The smallest absolute Gasteiger partial charge is 0.240 e. The Morgan fingerprint density at radius 3 is 2.57 bits per heavy atom. The minimum Gasteiger partial charge on any atom is -0.497 e. The van der Waals surface area contributed by atoms with Crippen LogP contribution in [0.3, 0.4) is 0 Å². The first-order valence-electron chi connectivity index (χ1n) is 9.98. The van der Waals surface area contributed by atoms with Gasteiger partial charge in [-0.1, -0.05) is 48.5 Å². The zero-order valence-electron chi connectivity index (χ0n) is 17.3. The summed E-state index contributed by atoms with van der Waals surface area (Å²) in [7, 11) is 1.64. The third kappa shape index (κ3) is 4.14. The third-order valence-electron chi connectivity index (χ3n) is 5.03. The molecule has 0 radical (unpaired) electrons. The van der Waals surface area contributed by atoms with Crippen LogP contribution in [0.2, 0.25) is 0 Å². The second kappa shape index (κ2) is 8.79. The Bertz CT molecular complexity index is 1020. The number of hydrogen-bond acceptors (Lipinski definition) is 6. The first kappa shape index (κ1) is 20.3. The molecule has 0 spiro atoms. The zero-order valence-corrected chi connectivity index (χ0v) is 18.1. The highest BCUT2D eigenvalue weighted by Gasteiger charge is 2.37. The number of aryl methyl sites for hydroxylation is 2. The molecule has 156 valence electrons. The molecule has 0 saturated carbocycles. The van der Waals surface area contributed by atoms with Gasteiger partial charge in [-0.3, -0.25) is 4.79 Å². The van der Waals surface area contributed by atoms with Crippen molar-refractivity contribution >= 4 is 23.4 Å². The van der Waals surface area contributed by atoms with Crippen molar-refractivity contribution in [3.63, 3.8) is 0 Å². The molecule has 0 fully saturated rings. The summed E-state index contributed by atoms with van der Waals surface area (Å²) in [5.74, 6) is 1.57. The molecule has 1 amide bonds. The van der Waals surface area contributed by atoms with E-state index < -0.39 is 5.25 Å². The van der Waals surface area contributed by atoms with Gasteiger partial charge < -0.3 is 15.5 Å². The molecular formula is C22H25N5O2S. The number of rotatable bonds is 6. The fourth-order valence-corrected chi connectivity index (χ4v) is 4.49. The van der Waals surface area contributed by atoms with Gasteiger partial charge in [0.25, 0.3) is 0 Å². The maximum absolute atomic E-state index is 13.2. The van der Waals surface area contributed by atoms with E-state index in [1.807, 2.05) is 60.1 Å². The van der Waals surface area contributed by atoms with Crippen molar-refractivity contribution in [3.8, 4) is 5.75 Å². The van der Waals surface area contributed by atoms with Crippen LogP contribution in [0.15, 0.2) is 53.7 Å². The van der Waals surface area contributed by atoms with Gasteiger partial charge in [0.05, 0.1) is 13.2 Å². The second-order valence-electron chi connectivity index (χ2n) is 7.26. The molecule has 1 aliphatic rings. The molecule has 4 rings (SSSR count). The number of hydrogen-bond donors (Lipinski definition) is 2. The number of methoxy groups -OCH3 is 1. The predicted molar refractivity (Wildman–Crippen MR) is 119 cm³/mol. The van der Waals surface area contributed by atoms with Crippen molar-refractivity contribution in [1.29, 1.82) is 0 Å². The number of aromatic nitrogens is 3. The Balaban J connectivity index is 1.65. The molecule has 2 N–H and O–H groups in total. The highest BCUT2D eigenvalue weighted by Crippen LogP contribution is 2.38. The summed E-state index contributed by atoms with van der Waals surface area (Å²) >= 11 is 1.43. The molecule has 0 saturated heterocycles. The Hall–Kier alpha value is -3.00. The van der Waals surface area contributed by atoms with E-state index in [0.717, 1.165) is 41.2 Å². The highest BCUT2D eigenvalue weighted by molar-refractivity contribution is 8.00. The lowest BCUT2D eigenvalue weighted by Crippen LogP contribution is -2.41. The predicted octanol–water partition coefficient (Wildman–Crippen LogP) is 3.95. The van der Waals surface area contributed by atoms with Crippen LogP contribution >= 0.6 is 11.8 Å². The second-order valence-corrected chi connectivity index (χ2v) is 8.37. The lowest BCUT2D eigenvalue weighted by atomic mass is 10.0. The Morgan fingerprint density at radius 1 is 1.17 bits per heavy atom. The van der Waals surface area contributed by atoms with Crippen molar-refractivity contribution < 1.29 is 9.53 Å². The maximum atomic E-state index is 13.2. The van der Waals surface area contributed by atoms with Gasteiger partial charge in [0, 0.05) is 12.1 Å². The Morgan fingerprint density at radius 2 is 1.90 bits per heavy atom. The number of amides is 1. The van der Waals surface area contributed by atoms with Gasteiger partial charge in [-0.25, -0.2) is 4.68 Å². The number of nitrogens with zero attached hydrogens (tertiary/aromatic N) is 3. The summed E-state index contributed by atoms with van der Waals surface area (Å²) in [6, 6.07) is 15.3. The molecule has 2 heterocycles. The summed E-state index contributed by atoms with van der Waals surface area (Å²) in [6.45, 7) is 4.13. The lowest BCUT2D eigenvalue weighted by molar-refractivity contribution is -0.116. The molecule has 2 atom stereocenters. The molecule has 2 aromatic carbocycles. The fourth-order valence-electron chi connectivity index (χ4n) is 3.40. The van der Waals surface area contributed by atoms with E-state index in [0.29, 0.717) is 5.16 Å². The molecule has 0 unspecified atom stereocenters. The van der Waals surface area contributed by atoms with Gasteiger partial charge in [0.2, 0.25) is 11.1 Å². The van der Waals surface area contributed by atoms with Crippen molar-refractivity contribution in [2.45, 2.75) is 43.1 Å². The van der Waals surface area contributed by atoms with Crippen LogP contribution in [0, 0.1) is 6.92 Å². The molecule has 8 heteroatoms. The molecule has 0 aliphatic carbocycles. The number of fused-ring (bicyclic) bond motifs is 1. The van der Waals surface area contributed by atoms with Gasteiger partial charge in [0.1, 0.15) is 11.0 Å². The number of carbonyl (C=O) groups excluding carboxylic acids is 1. The molecular weight excluding hydrogens is 398 g/mol. The maximum Gasteiger partial charge on any atom is 0.240 e. The Labute approximate surface area is 180 Å². The topological polar surface area (TPSA) is 81.1 Å². The average Bonchev–Trinajstić information content (AvgIpc) is 3.16. The minimum absolute atomic E-state index is 0.0801. The summed E-state index contributed by atoms with van der Waals surface area (Å²) in [6.07, 6.45) is 1.78. The van der Waals surface area contributed by atoms with Gasteiger partial charge >= 0.3 is 0 Å². The summed E-state index contributed by atoms with van der Waals surface area (Å²) in [5.41, 5.74) is 6.40. The largest absolute Gasteiger partial charge is 0.497 e.